The zero-order valence-corrected chi connectivity index (χ0v) is 12.9. The van der Waals surface area contributed by atoms with Crippen molar-refractivity contribution in [2.24, 2.45) is 5.73 Å². The third-order valence-corrected chi connectivity index (χ3v) is 5.04. The fourth-order valence-corrected chi connectivity index (χ4v) is 3.31. The highest BCUT2D eigenvalue weighted by molar-refractivity contribution is 7.92. The van der Waals surface area contributed by atoms with Crippen molar-refractivity contribution in [3.05, 3.63) is 35.5 Å². The second-order valence-corrected chi connectivity index (χ2v) is 6.39. The lowest BCUT2D eigenvalue weighted by Gasteiger charge is -2.19. The molecule has 1 aromatic carbocycles. The summed E-state index contributed by atoms with van der Waals surface area (Å²) in [4.78, 5) is 0. The third kappa shape index (κ3) is 2.72. The average Bonchev–Trinajstić information content (AvgIpc) is 2.88. The summed E-state index contributed by atoms with van der Waals surface area (Å²) in [6.45, 7) is 1.84. The predicted octanol–water partition coefficient (Wildman–Crippen LogP) is 1.01. The number of methoxy groups -OCH3 is 1. The molecule has 1 heterocycles. The van der Waals surface area contributed by atoms with Gasteiger partial charge in [0.05, 0.1) is 12.8 Å². The van der Waals surface area contributed by atoms with Crippen LogP contribution in [0.4, 0.5) is 5.69 Å². The smallest absolute Gasteiger partial charge is 0.283 e. The van der Waals surface area contributed by atoms with Crippen molar-refractivity contribution in [2.45, 2.75) is 18.5 Å². The molecular formula is C13H18N4O3S. The van der Waals surface area contributed by atoms with E-state index in [4.69, 9.17) is 10.5 Å². The lowest BCUT2D eigenvalue weighted by Crippen LogP contribution is -2.28. The van der Waals surface area contributed by atoms with Crippen molar-refractivity contribution in [2.75, 3.05) is 18.5 Å². The highest BCUT2D eigenvalue weighted by Crippen LogP contribution is 2.25. The van der Waals surface area contributed by atoms with E-state index in [9.17, 15) is 8.42 Å². The lowest BCUT2D eigenvalue weighted by atomic mass is 10.3. The fraction of sp³-hybridized carbons (Fsp3) is 0.308. The van der Waals surface area contributed by atoms with E-state index in [0.717, 1.165) is 0 Å². The predicted molar refractivity (Wildman–Crippen MR) is 79.8 cm³/mol. The highest BCUT2D eigenvalue weighted by atomic mass is 32.2. The monoisotopic (exact) mass is 310 g/mol. The van der Waals surface area contributed by atoms with Crippen molar-refractivity contribution in [3.8, 4) is 5.75 Å². The van der Waals surface area contributed by atoms with E-state index < -0.39 is 10.0 Å². The Morgan fingerprint density at radius 3 is 2.48 bits per heavy atom. The van der Waals surface area contributed by atoms with Crippen LogP contribution in [0.2, 0.25) is 0 Å². The minimum Gasteiger partial charge on any atom is -0.497 e. The standard InChI is InChI=1S/C13H18N4O3S/c1-9-12(8-14)13(16-15-9)21(18,19)17(2)10-4-6-11(20-3)7-5-10/h4-7H,8,14H2,1-3H3,(H,15,16). The Bertz CT molecular complexity index is 722. The van der Waals surface area contributed by atoms with Crippen LogP contribution in [-0.4, -0.2) is 32.8 Å². The van der Waals surface area contributed by atoms with Gasteiger partial charge in [-0.05, 0) is 31.2 Å². The molecule has 0 amide bonds. The molecule has 2 rings (SSSR count). The molecule has 0 saturated heterocycles. The Labute approximate surface area is 123 Å². The summed E-state index contributed by atoms with van der Waals surface area (Å²) >= 11 is 0. The quantitative estimate of drug-likeness (QED) is 0.858. The third-order valence-electron chi connectivity index (χ3n) is 3.28. The number of hydrogen-bond acceptors (Lipinski definition) is 5. The van der Waals surface area contributed by atoms with E-state index in [1.54, 1.807) is 38.3 Å². The average molecular weight is 310 g/mol. The van der Waals surface area contributed by atoms with Gasteiger partial charge in [-0.15, -0.1) is 0 Å². The molecule has 0 aliphatic carbocycles. The molecular weight excluding hydrogens is 292 g/mol. The van der Waals surface area contributed by atoms with Crippen LogP contribution in [0.1, 0.15) is 11.3 Å². The molecule has 2 aromatic rings. The number of aromatic amines is 1. The molecule has 3 N–H and O–H groups in total. The summed E-state index contributed by atoms with van der Waals surface area (Å²) in [5.41, 5.74) is 7.27. The zero-order chi connectivity index (χ0) is 15.6. The van der Waals surface area contributed by atoms with Crippen LogP contribution in [0, 0.1) is 6.92 Å². The maximum Gasteiger partial charge on any atom is 0.283 e. The number of aromatic nitrogens is 2. The number of sulfonamides is 1. The van der Waals surface area contributed by atoms with E-state index in [1.807, 2.05) is 0 Å². The number of nitrogens with zero attached hydrogens (tertiary/aromatic N) is 2. The molecule has 0 bridgehead atoms. The van der Waals surface area contributed by atoms with Gasteiger partial charge in [-0.2, -0.15) is 13.5 Å². The number of aryl methyl sites for hydroxylation is 1. The lowest BCUT2D eigenvalue weighted by molar-refractivity contribution is 0.415. The number of benzene rings is 1. The topological polar surface area (TPSA) is 101 Å². The van der Waals surface area contributed by atoms with E-state index >= 15 is 0 Å². The minimum absolute atomic E-state index is 0.0409. The van der Waals surface area contributed by atoms with Crippen LogP contribution in [0.3, 0.4) is 0 Å². The van der Waals surface area contributed by atoms with E-state index in [2.05, 4.69) is 10.2 Å². The van der Waals surface area contributed by atoms with Crippen LogP contribution in [0.5, 0.6) is 5.75 Å². The van der Waals surface area contributed by atoms with E-state index in [0.29, 0.717) is 22.7 Å². The van der Waals surface area contributed by atoms with Gasteiger partial charge < -0.3 is 10.5 Å². The zero-order valence-electron chi connectivity index (χ0n) is 12.1. The van der Waals surface area contributed by atoms with Gasteiger partial charge in [0.15, 0.2) is 0 Å². The minimum atomic E-state index is -3.76. The summed E-state index contributed by atoms with van der Waals surface area (Å²) in [5.74, 6) is 0.655. The largest absolute Gasteiger partial charge is 0.497 e. The molecule has 0 radical (unpaired) electrons. The van der Waals surface area contributed by atoms with Crippen molar-refractivity contribution in [1.29, 1.82) is 0 Å². The molecule has 0 fully saturated rings. The van der Waals surface area contributed by atoms with Gasteiger partial charge in [0, 0.05) is 24.8 Å². The second kappa shape index (κ2) is 5.74. The Morgan fingerprint density at radius 2 is 1.95 bits per heavy atom. The highest BCUT2D eigenvalue weighted by Gasteiger charge is 2.28. The first kappa shape index (κ1) is 15.3. The molecule has 1 aromatic heterocycles. The van der Waals surface area contributed by atoms with Crippen LogP contribution in [0.25, 0.3) is 0 Å². The van der Waals surface area contributed by atoms with Gasteiger partial charge in [-0.3, -0.25) is 9.40 Å². The number of rotatable bonds is 5. The normalized spacial score (nSPS) is 11.4. The maximum atomic E-state index is 12.6. The van der Waals surface area contributed by atoms with Gasteiger partial charge >= 0.3 is 0 Å². The molecule has 21 heavy (non-hydrogen) atoms. The number of H-pyrrole nitrogens is 1. The summed E-state index contributed by atoms with van der Waals surface area (Å²) in [6.07, 6.45) is 0. The Morgan fingerprint density at radius 1 is 1.33 bits per heavy atom. The Balaban J connectivity index is 2.42. The molecule has 0 aliphatic rings. The first-order chi connectivity index (χ1) is 9.91. The fourth-order valence-electron chi connectivity index (χ4n) is 1.94. The number of ether oxygens (including phenoxy) is 1. The van der Waals surface area contributed by atoms with E-state index in [-0.39, 0.29) is 11.6 Å². The van der Waals surface area contributed by atoms with Crippen LogP contribution in [-0.2, 0) is 16.6 Å². The van der Waals surface area contributed by atoms with Crippen molar-refractivity contribution >= 4 is 15.7 Å². The van der Waals surface area contributed by atoms with Gasteiger partial charge in [0.1, 0.15) is 5.75 Å². The van der Waals surface area contributed by atoms with Gasteiger partial charge in [-0.1, -0.05) is 0 Å². The number of hydrogen-bond donors (Lipinski definition) is 2. The van der Waals surface area contributed by atoms with Crippen LogP contribution >= 0.6 is 0 Å². The summed E-state index contributed by atoms with van der Waals surface area (Å²) in [6, 6.07) is 6.72. The molecule has 0 saturated carbocycles. The molecule has 0 atom stereocenters. The molecule has 0 unspecified atom stereocenters. The molecule has 0 spiro atoms. The molecule has 8 heteroatoms. The molecule has 114 valence electrons. The Hall–Kier alpha value is -2.06. The summed E-state index contributed by atoms with van der Waals surface area (Å²) in [7, 11) is -0.739. The molecule has 0 aliphatic heterocycles. The van der Waals surface area contributed by atoms with Crippen molar-refractivity contribution in [1.82, 2.24) is 10.2 Å². The first-order valence-electron chi connectivity index (χ1n) is 6.28. The van der Waals surface area contributed by atoms with Crippen LogP contribution < -0.4 is 14.8 Å². The van der Waals surface area contributed by atoms with Gasteiger partial charge in [0.2, 0.25) is 5.03 Å². The summed E-state index contributed by atoms with van der Waals surface area (Å²) in [5, 5.41) is 6.50. The van der Waals surface area contributed by atoms with Crippen LogP contribution in [0.15, 0.2) is 29.3 Å². The first-order valence-corrected chi connectivity index (χ1v) is 7.72. The Kier molecular flexibility index (Phi) is 4.19. The SMILES string of the molecule is COc1ccc(N(C)S(=O)(=O)c2n[nH]c(C)c2CN)cc1. The summed E-state index contributed by atoms with van der Waals surface area (Å²) < 4.78 is 31.5. The van der Waals surface area contributed by atoms with Crippen molar-refractivity contribution < 1.29 is 13.2 Å². The number of nitrogens with two attached hydrogens (primary N) is 1. The second-order valence-electron chi connectivity index (χ2n) is 4.51. The van der Waals surface area contributed by atoms with Gasteiger partial charge in [0.25, 0.3) is 10.0 Å². The number of nitrogens with one attached hydrogen (secondary N) is 1. The molecule has 7 nitrogen and oxygen atoms in total. The van der Waals surface area contributed by atoms with Gasteiger partial charge in [-0.25, -0.2) is 0 Å². The van der Waals surface area contributed by atoms with Crippen molar-refractivity contribution in [3.63, 3.8) is 0 Å². The number of anilines is 1. The van der Waals surface area contributed by atoms with E-state index in [1.165, 1.54) is 11.4 Å². The maximum absolute atomic E-state index is 12.6.